The van der Waals surface area contributed by atoms with Crippen molar-refractivity contribution >= 4 is 22.7 Å². The Labute approximate surface area is 164 Å². The molecule has 2 amide bonds. The molecule has 0 unspecified atom stereocenters. The van der Waals surface area contributed by atoms with Crippen LogP contribution in [0.15, 0.2) is 36.4 Å². The predicted octanol–water partition coefficient (Wildman–Crippen LogP) is 3.19. The predicted molar refractivity (Wildman–Crippen MR) is 101 cm³/mol. The minimum atomic E-state index is -0.751. The van der Waals surface area contributed by atoms with E-state index in [-0.39, 0.29) is 36.2 Å². The molecule has 150 valence electrons. The van der Waals surface area contributed by atoms with Gasteiger partial charge in [-0.05, 0) is 54.8 Å². The minimum absolute atomic E-state index is 0.0236. The highest BCUT2D eigenvalue weighted by atomic mass is 19.1. The first-order chi connectivity index (χ1) is 13.8. The molecule has 29 heavy (non-hydrogen) atoms. The van der Waals surface area contributed by atoms with Crippen LogP contribution in [-0.2, 0) is 16.0 Å². The Morgan fingerprint density at radius 2 is 1.83 bits per heavy atom. The molecule has 0 saturated carbocycles. The van der Waals surface area contributed by atoms with E-state index < -0.39 is 23.5 Å². The summed E-state index contributed by atoms with van der Waals surface area (Å²) in [7, 11) is 0. The molecular formula is C21H18F3N3O2. The SMILES string of the molecule is C[C@@H]1NC(=O)[C@H]1NC(=O)CCc1c(-c2ccc(F)cc2)[nH]c2c(F)cc(F)cc12. The number of halogens is 3. The van der Waals surface area contributed by atoms with E-state index in [9.17, 15) is 22.8 Å². The molecule has 2 heterocycles. The second kappa shape index (κ2) is 7.27. The third-order valence-corrected chi connectivity index (χ3v) is 5.14. The zero-order valence-corrected chi connectivity index (χ0v) is 15.5. The van der Waals surface area contributed by atoms with Crippen molar-refractivity contribution in [1.82, 2.24) is 15.6 Å². The lowest BCUT2D eigenvalue weighted by Crippen LogP contribution is -2.67. The van der Waals surface area contributed by atoms with E-state index >= 15 is 0 Å². The minimum Gasteiger partial charge on any atom is -0.352 e. The molecular weight excluding hydrogens is 383 g/mol. The van der Waals surface area contributed by atoms with Crippen LogP contribution in [0.25, 0.3) is 22.2 Å². The van der Waals surface area contributed by atoms with E-state index in [1.165, 1.54) is 30.3 Å². The van der Waals surface area contributed by atoms with Crippen molar-refractivity contribution in [3.63, 3.8) is 0 Å². The molecule has 0 aliphatic carbocycles. The maximum Gasteiger partial charge on any atom is 0.245 e. The molecule has 4 rings (SSSR count). The molecule has 2 aromatic carbocycles. The number of aromatic amines is 1. The summed E-state index contributed by atoms with van der Waals surface area (Å²) in [5.41, 5.74) is 1.75. The zero-order valence-electron chi connectivity index (χ0n) is 15.5. The number of H-pyrrole nitrogens is 1. The summed E-state index contributed by atoms with van der Waals surface area (Å²) < 4.78 is 41.4. The molecule has 1 fully saturated rings. The average molecular weight is 401 g/mol. The standard InChI is InChI=1S/C21H18F3N3O2/c1-10-18(21(29)25-10)26-17(28)7-6-14-15-8-13(23)9-16(24)20(15)27-19(14)11-2-4-12(22)5-3-11/h2-5,8-10,18,27H,6-7H2,1H3,(H,25,29)(H,26,28)/t10-,18-/m0/s1. The molecule has 1 saturated heterocycles. The van der Waals surface area contributed by atoms with Crippen LogP contribution < -0.4 is 10.6 Å². The summed E-state index contributed by atoms with van der Waals surface area (Å²) in [6.45, 7) is 1.78. The Hall–Kier alpha value is -3.29. The lowest BCUT2D eigenvalue weighted by Gasteiger charge is -2.34. The van der Waals surface area contributed by atoms with Gasteiger partial charge in [0.25, 0.3) is 0 Å². The number of β-lactam (4-membered cyclic amide) rings is 1. The Balaban J connectivity index is 1.66. The van der Waals surface area contributed by atoms with Crippen molar-refractivity contribution in [2.75, 3.05) is 0 Å². The van der Waals surface area contributed by atoms with E-state index in [0.717, 1.165) is 6.07 Å². The fourth-order valence-electron chi connectivity index (χ4n) is 3.60. The van der Waals surface area contributed by atoms with Gasteiger partial charge in [0.1, 0.15) is 23.5 Å². The molecule has 3 aromatic rings. The summed E-state index contributed by atoms with van der Waals surface area (Å²) in [5, 5.41) is 5.61. The molecule has 5 nitrogen and oxygen atoms in total. The average Bonchev–Trinajstić information content (AvgIpc) is 3.04. The fourth-order valence-corrected chi connectivity index (χ4v) is 3.60. The Morgan fingerprint density at radius 3 is 2.48 bits per heavy atom. The molecule has 0 radical (unpaired) electrons. The van der Waals surface area contributed by atoms with Crippen LogP contribution in [0.5, 0.6) is 0 Å². The first kappa shape index (κ1) is 19.0. The second-order valence-corrected chi connectivity index (χ2v) is 7.14. The first-order valence-electron chi connectivity index (χ1n) is 9.19. The van der Waals surface area contributed by atoms with Crippen molar-refractivity contribution in [2.45, 2.75) is 31.8 Å². The Morgan fingerprint density at radius 1 is 1.10 bits per heavy atom. The number of fused-ring (bicyclic) bond motifs is 1. The number of hydrogen-bond acceptors (Lipinski definition) is 2. The van der Waals surface area contributed by atoms with Crippen LogP contribution in [0.4, 0.5) is 13.2 Å². The summed E-state index contributed by atoms with van der Waals surface area (Å²) in [5.74, 6) is -2.48. The molecule has 1 aromatic heterocycles. The van der Waals surface area contributed by atoms with Gasteiger partial charge in [-0.15, -0.1) is 0 Å². The van der Waals surface area contributed by atoms with Gasteiger partial charge in [-0.25, -0.2) is 13.2 Å². The number of aromatic nitrogens is 1. The first-order valence-corrected chi connectivity index (χ1v) is 9.19. The number of nitrogens with one attached hydrogen (secondary N) is 3. The zero-order chi connectivity index (χ0) is 20.7. The highest BCUT2D eigenvalue weighted by Gasteiger charge is 2.36. The summed E-state index contributed by atoms with van der Waals surface area (Å²) in [6.07, 6.45) is 0.208. The monoisotopic (exact) mass is 401 g/mol. The normalized spacial score (nSPS) is 18.4. The summed E-state index contributed by atoms with van der Waals surface area (Å²) in [4.78, 5) is 26.7. The lowest BCUT2D eigenvalue weighted by molar-refractivity contribution is -0.135. The molecule has 1 aliphatic rings. The quantitative estimate of drug-likeness (QED) is 0.575. The van der Waals surface area contributed by atoms with E-state index in [1.54, 1.807) is 6.92 Å². The van der Waals surface area contributed by atoms with Crippen LogP contribution in [0, 0.1) is 17.5 Å². The second-order valence-electron chi connectivity index (χ2n) is 7.14. The van der Waals surface area contributed by atoms with Gasteiger partial charge in [0, 0.05) is 23.6 Å². The third kappa shape index (κ3) is 3.57. The van der Waals surface area contributed by atoms with Crippen molar-refractivity contribution in [3.8, 4) is 11.3 Å². The number of carbonyl (C=O) groups is 2. The maximum atomic E-state index is 14.3. The Bertz CT molecular complexity index is 1110. The molecule has 3 N–H and O–H groups in total. The van der Waals surface area contributed by atoms with Crippen molar-refractivity contribution in [2.24, 2.45) is 0 Å². The Kier molecular flexibility index (Phi) is 4.77. The lowest BCUT2D eigenvalue weighted by atomic mass is 9.99. The molecule has 0 spiro atoms. The topological polar surface area (TPSA) is 74.0 Å². The van der Waals surface area contributed by atoms with Gasteiger partial charge in [0.15, 0.2) is 0 Å². The maximum absolute atomic E-state index is 14.3. The number of carbonyl (C=O) groups excluding carboxylic acids is 2. The van der Waals surface area contributed by atoms with Gasteiger partial charge in [-0.1, -0.05) is 0 Å². The smallest absolute Gasteiger partial charge is 0.245 e. The van der Waals surface area contributed by atoms with Gasteiger partial charge in [-0.3, -0.25) is 9.59 Å². The number of hydrogen-bond donors (Lipinski definition) is 3. The van der Waals surface area contributed by atoms with Gasteiger partial charge >= 0.3 is 0 Å². The van der Waals surface area contributed by atoms with E-state index in [4.69, 9.17) is 0 Å². The van der Waals surface area contributed by atoms with Gasteiger partial charge in [0.05, 0.1) is 11.6 Å². The van der Waals surface area contributed by atoms with Gasteiger partial charge in [-0.2, -0.15) is 0 Å². The number of benzene rings is 2. The molecule has 2 atom stereocenters. The largest absolute Gasteiger partial charge is 0.352 e. The fraction of sp³-hybridized carbons (Fsp3) is 0.238. The van der Waals surface area contributed by atoms with Crippen molar-refractivity contribution in [3.05, 3.63) is 59.4 Å². The number of amides is 2. The van der Waals surface area contributed by atoms with E-state index in [2.05, 4.69) is 15.6 Å². The third-order valence-electron chi connectivity index (χ3n) is 5.14. The van der Waals surface area contributed by atoms with E-state index in [0.29, 0.717) is 22.2 Å². The number of rotatable bonds is 5. The van der Waals surface area contributed by atoms with Crippen molar-refractivity contribution in [1.29, 1.82) is 0 Å². The van der Waals surface area contributed by atoms with Crippen LogP contribution in [0.2, 0.25) is 0 Å². The van der Waals surface area contributed by atoms with Crippen molar-refractivity contribution < 1.29 is 22.8 Å². The molecule has 1 aliphatic heterocycles. The van der Waals surface area contributed by atoms with Gasteiger partial charge in [0.2, 0.25) is 11.8 Å². The van der Waals surface area contributed by atoms with Gasteiger partial charge < -0.3 is 15.6 Å². The van der Waals surface area contributed by atoms with Crippen LogP contribution in [0.3, 0.4) is 0 Å². The van der Waals surface area contributed by atoms with Crippen LogP contribution in [-0.4, -0.2) is 28.9 Å². The number of aryl methyl sites for hydroxylation is 1. The van der Waals surface area contributed by atoms with E-state index in [1.807, 2.05) is 0 Å². The van der Waals surface area contributed by atoms with Crippen LogP contribution >= 0.6 is 0 Å². The summed E-state index contributed by atoms with van der Waals surface area (Å²) in [6, 6.07) is 6.86. The summed E-state index contributed by atoms with van der Waals surface area (Å²) >= 11 is 0. The highest BCUT2D eigenvalue weighted by molar-refractivity contribution is 5.94. The molecule has 8 heteroatoms. The highest BCUT2D eigenvalue weighted by Crippen LogP contribution is 2.33. The molecule has 0 bridgehead atoms. The van der Waals surface area contributed by atoms with Crippen LogP contribution in [0.1, 0.15) is 18.9 Å².